The average Bonchev–Trinajstić information content (AvgIpc) is 3.87. The predicted molar refractivity (Wildman–Crippen MR) is 213 cm³/mol. The number of fused-ring (bicyclic) bond motifs is 10. The fraction of sp³-hybridized carbons (Fsp3) is 0. The number of thiophene rings is 1. The summed E-state index contributed by atoms with van der Waals surface area (Å²) in [6.07, 6.45) is 0. The first-order valence-corrected chi connectivity index (χ1v) is 17.9. The van der Waals surface area contributed by atoms with Crippen LogP contribution in [-0.4, -0.2) is 14.5 Å². The Labute approximate surface area is 296 Å². The maximum Gasteiger partial charge on any atom is 0.160 e. The van der Waals surface area contributed by atoms with E-state index in [-0.39, 0.29) is 0 Å². The number of nitrogens with zero attached hydrogens (tertiary/aromatic N) is 3. The van der Waals surface area contributed by atoms with E-state index < -0.39 is 0 Å². The van der Waals surface area contributed by atoms with Crippen LogP contribution < -0.4 is 0 Å². The van der Waals surface area contributed by atoms with E-state index >= 15 is 0 Å². The summed E-state index contributed by atoms with van der Waals surface area (Å²) < 4.78 is 11.0. The summed E-state index contributed by atoms with van der Waals surface area (Å²) in [5.74, 6) is 0.711. The van der Waals surface area contributed by atoms with Gasteiger partial charge in [0, 0.05) is 48.4 Å². The normalized spacial score (nSPS) is 11.9. The van der Waals surface area contributed by atoms with E-state index in [2.05, 4.69) is 138 Å². The summed E-state index contributed by atoms with van der Waals surface area (Å²) in [6, 6.07) is 57.6. The Hall–Kier alpha value is -6.56. The average molecular weight is 670 g/mol. The summed E-state index contributed by atoms with van der Waals surface area (Å²) in [7, 11) is 0. The van der Waals surface area contributed by atoms with Crippen molar-refractivity contribution in [1.29, 1.82) is 0 Å². The smallest absolute Gasteiger partial charge is 0.160 e. The molecule has 0 radical (unpaired) electrons. The fourth-order valence-corrected chi connectivity index (χ4v) is 8.98. The third kappa shape index (κ3) is 4.32. The molecule has 0 saturated heterocycles. The highest BCUT2D eigenvalue weighted by molar-refractivity contribution is 7.27. The Morgan fingerprint density at radius 3 is 2.02 bits per heavy atom. The van der Waals surface area contributed by atoms with E-state index in [1.165, 1.54) is 37.6 Å². The van der Waals surface area contributed by atoms with Crippen LogP contribution in [0, 0.1) is 0 Å². The van der Waals surface area contributed by atoms with Crippen LogP contribution in [0.5, 0.6) is 0 Å². The summed E-state index contributed by atoms with van der Waals surface area (Å²) in [4.78, 5) is 10.6. The van der Waals surface area contributed by atoms with Crippen LogP contribution in [0.2, 0.25) is 0 Å². The molecule has 0 N–H and O–H groups in total. The van der Waals surface area contributed by atoms with Gasteiger partial charge in [0.1, 0.15) is 11.2 Å². The van der Waals surface area contributed by atoms with Crippen molar-refractivity contribution in [3.8, 4) is 39.5 Å². The number of rotatable bonds is 4. The number of hydrogen-bond donors (Lipinski definition) is 0. The lowest BCUT2D eigenvalue weighted by Gasteiger charge is -2.10. The van der Waals surface area contributed by atoms with Crippen LogP contribution in [0.3, 0.4) is 0 Å². The highest BCUT2D eigenvalue weighted by atomic mass is 32.1. The van der Waals surface area contributed by atoms with Gasteiger partial charge in [-0.2, -0.15) is 0 Å². The van der Waals surface area contributed by atoms with E-state index in [9.17, 15) is 0 Å². The second-order valence-electron chi connectivity index (χ2n) is 13.0. The van der Waals surface area contributed by atoms with Crippen molar-refractivity contribution in [3.63, 3.8) is 0 Å². The molecule has 0 bridgehead atoms. The molecule has 5 heteroatoms. The van der Waals surface area contributed by atoms with Gasteiger partial charge in [-0.25, -0.2) is 9.97 Å². The first-order valence-electron chi connectivity index (χ1n) is 17.1. The van der Waals surface area contributed by atoms with E-state index in [0.717, 1.165) is 60.0 Å². The Bertz CT molecular complexity index is 3140. The lowest BCUT2D eigenvalue weighted by Crippen LogP contribution is -1.94. The molecule has 51 heavy (non-hydrogen) atoms. The van der Waals surface area contributed by atoms with Gasteiger partial charge in [0.05, 0.1) is 26.9 Å². The molecule has 0 fully saturated rings. The van der Waals surface area contributed by atoms with Crippen LogP contribution in [0.4, 0.5) is 0 Å². The van der Waals surface area contributed by atoms with Crippen LogP contribution in [0.1, 0.15) is 0 Å². The Balaban J connectivity index is 1.20. The quantitative estimate of drug-likeness (QED) is 0.187. The SMILES string of the molecule is c1ccc(-c2cccc(-n3c4ccccc4c4c5sc6c(-c7ccc8c(c7)oc7ccccc78)nc(-c7ccccc7)nc6c5ccc43)c2)cc1. The van der Waals surface area contributed by atoms with Gasteiger partial charge in [0.15, 0.2) is 5.82 Å². The molecular weight excluding hydrogens is 643 g/mol. The topological polar surface area (TPSA) is 43.9 Å². The van der Waals surface area contributed by atoms with Gasteiger partial charge in [0.2, 0.25) is 0 Å². The van der Waals surface area contributed by atoms with Crippen LogP contribution in [0.25, 0.3) is 104 Å². The molecule has 11 rings (SSSR count). The van der Waals surface area contributed by atoms with Crippen molar-refractivity contribution >= 4 is 75.4 Å². The number of para-hydroxylation sites is 2. The van der Waals surface area contributed by atoms with Gasteiger partial charge in [-0.05, 0) is 59.7 Å². The minimum atomic E-state index is 0.711. The zero-order valence-electron chi connectivity index (χ0n) is 27.2. The van der Waals surface area contributed by atoms with Crippen LogP contribution in [0.15, 0.2) is 168 Å². The van der Waals surface area contributed by atoms with E-state index in [1.807, 2.05) is 30.3 Å². The maximum absolute atomic E-state index is 6.34. The van der Waals surface area contributed by atoms with Gasteiger partial charge in [0.25, 0.3) is 0 Å². The Morgan fingerprint density at radius 2 is 1.16 bits per heavy atom. The lowest BCUT2D eigenvalue weighted by atomic mass is 10.1. The number of furan rings is 1. The third-order valence-electron chi connectivity index (χ3n) is 10.0. The van der Waals surface area contributed by atoms with E-state index in [1.54, 1.807) is 11.3 Å². The van der Waals surface area contributed by atoms with Gasteiger partial charge in [-0.1, -0.05) is 115 Å². The lowest BCUT2D eigenvalue weighted by molar-refractivity contribution is 0.669. The summed E-state index contributed by atoms with van der Waals surface area (Å²) in [6.45, 7) is 0. The molecule has 0 aliphatic carbocycles. The molecule has 0 saturated carbocycles. The Morgan fingerprint density at radius 1 is 0.451 bits per heavy atom. The molecule has 4 aromatic heterocycles. The second kappa shape index (κ2) is 11.0. The summed E-state index contributed by atoms with van der Waals surface area (Å²) in [5.41, 5.74) is 11.5. The molecule has 0 unspecified atom stereocenters. The molecule has 4 nitrogen and oxygen atoms in total. The summed E-state index contributed by atoms with van der Waals surface area (Å²) >= 11 is 1.78. The molecule has 4 heterocycles. The van der Waals surface area contributed by atoms with Crippen molar-refractivity contribution in [2.75, 3.05) is 0 Å². The highest BCUT2D eigenvalue weighted by Gasteiger charge is 2.22. The third-order valence-corrected chi connectivity index (χ3v) is 11.2. The monoisotopic (exact) mass is 669 g/mol. The van der Waals surface area contributed by atoms with Crippen molar-refractivity contribution < 1.29 is 4.42 Å². The molecule has 0 atom stereocenters. The molecule has 238 valence electrons. The molecule has 0 aliphatic rings. The van der Waals surface area contributed by atoms with E-state index in [0.29, 0.717) is 5.82 Å². The molecule has 0 amide bonds. The van der Waals surface area contributed by atoms with Gasteiger partial charge in [-0.3, -0.25) is 0 Å². The zero-order chi connectivity index (χ0) is 33.5. The molecule has 7 aromatic carbocycles. The van der Waals surface area contributed by atoms with Crippen LogP contribution in [-0.2, 0) is 0 Å². The second-order valence-corrected chi connectivity index (χ2v) is 14.0. The molecular formula is C46H27N3OS. The number of aromatic nitrogens is 3. The number of hydrogen-bond acceptors (Lipinski definition) is 4. The zero-order valence-corrected chi connectivity index (χ0v) is 28.1. The van der Waals surface area contributed by atoms with Crippen molar-refractivity contribution in [2.45, 2.75) is 0 Å². The van der Waals surface area contributed by atoms with E-state index in [4.69, 9.17) is 14.4 Å². The van der Waals surface area contributed by atoms with Gasteiger partial charge >= 0.3 is 0 Å². The largest absolute Gasteiger partial charge is 0.456 e. The predicted octanol–water partition coefficient (Wildman–Crippen LogP) is 12.8. The number of benzene rings is 7. The van der Waals surface area contributed by atoms with Gasteiger partial charge < -0.3 is 8.98 Å². The van der Waals surface area contributed by atoms with Gasteiger partial charge in [-0.15, -0.1) is 11.3 Å². The van der Waals surface area contributed by atoms with Crippen LogP contribution >= 0.6 is 11.3 Å². The van der Waals surface area contributed by atoms with Crippen molar-refractivity contribution in [3.05, 3.63) is 164 Å². The molecule has 0 spiro atoms. The molecule has 11 aromatic rings. The maximum atomic E-state index is 6.34. The first-order chi connectivity index (χ1) is 25.3. The Kier molecular flexibility index (Phi) is 6.09. The minimum Gasteiger partial charge on any atom is -0.456 e. The standard InChI is InChI=1S/C46H27N3OS/c1-3-12-28(13-4-1)30-16-11-17-32(26-30)49-37-20-9-7-19-35(37)41-38(49)25-24-36-43-45(51-44(36)41)42(47-46(48-43)29-14-5-2-6-15-29)31-22-23-34-33-18-8-10-21-39(33)50-40(34)27-31/h1-27H. The minimum absolute atomic E-state index is 0.711. The first kappa shape index (κ1) is 28.3. The molecule has 0 aliphatic heterocycles. The fourth-order valence-electron chi connectivity index (χ4n) is 7.67. The van der Waals surface area contributed by atoms with Crippen molar-refractivity contribution in [1.82, 2.24) is 14.5 Å². The summed E-state index contributed by atoms with van der Waals surface area (Å²) in [5, 5.41) is 5.80. The van der Waals surface area contributed by atoms with Crippen molar-refractivity contribution in [2.24, 2.45) is 0 Å². The highest BCUT2D eigenvalue weighted by Crippen LogP contribution is 2.46.